The van der Waals surface area contributed by atoms with E-state index in [2.05, 4.69) is 79.7 Å². The van der Waals surface area contributed by atoms with Crippen LogP contribution in [0.2, 0.25) is 0 Å². The Morgan fingerprint density at radius 2 is 0.824 bits per heavy atom. The Hall–Kier alpha value is -2.62. The van der Waals surface area contributed by atoms with Crippen LogP contribution in [-0.4, -0.2) is 24.4 Å². The lowest BCUT2D eigenvalue weighted by Gasteiger charge is -2.26. The van der Waals surface area contributed by atoms with Crippen molar-refractivity contribution in [3.05, 3.63) is 36.4 Å². The van der Waals surface area contributed by atoms with Gasteiger partial charge in [-0.05, 0) is 65.5 Å². The van der Waals surface area contributed by atoms with E-state index in [-0.39, 0.29) is 24.4 Å². The van der Waals surface area contributed by atoms with Crippen LogP contribution in [0.4, 0.5) is 0 Å². The number of hydrogen-bond donors (Lipinski definition) is 0. The molecule has 0 aliphatic rings. The number of rotatable bonds is 12. The molecule has 34 heavy (non-hydrogen) atoms. The molecule has 0 saturated heterocycles. The summed E-state index contributed by atoms with van der Waals surface area (Å²) in [5, 5.41) is 3.92. The minimum Gasteiger partial charge on any atom is -0.490 e. The van der Waals surface area contributed by atoms with Crippen molar-refractivity contribution in [2.45, 2.75) is 105 Å². The highest BCUT2D eigenvalue weighted by atomic mass is 16.5. The summed E-state index contributed by atoms with van der Waals surface area (Å²) in [7, 11) is 0. The van der Waals surface area contributed by atoms with Gasteiger partial charge in [-0.15, -0.1) is 0 Å². The molecule has 3 aromatic carbocycles. The molecule has 0 saturated carbocycles. The van der Waals surface area contributed by atoms with Gasteiger partial charge in [-0.1, -0.05) is 52.0 Å². The SMILES string of the molecule is CCC(C)Oc1ccc(OC(C)CC)c2c(OC(C)CC)c3ccccc3c(OC(C)CC)c12. The number of ether oxygens (including phenoxy) is 4. The highest BCUT2D eigenvalue weighted by Gasteiger charge is 2.25. The molecule has 0 aromatic heterocycles. The van der Waals surface area contributed by atoms with Gasteiger partial charge in [0.25, 0.3) is 0 Å². The van der Waals surface area contributed by atoms with Gasteiger partial charge < -0.3 is 18.9 Å². The molecule has 0 fully saturated rings. The second kappa shape index (κ2) is 11.7. The summed E-state index contributed by atoms with van der Waals surface area (Å²) < 4.78 is 26.2. The predicted molar refractivity (Wildman–Crippen MR) is 143 cm³/mol. The van der Waals surface area contributed by atoms with Gasteiger partial charge in [0, 0.05) is 10.8 Å². The summed E-state index contributed by atoms with van der Waals surface area (Å²) in [6.45, 7) is 17.0. The Kier molecular flexibility index (Phi) is 8.93. The summed E-state index contributed by atoms with van der Waals surface area (Å²) in [5.74, 6) is 3.28. The molecule has 0 aliphatic carbocycles. The first-order chi connectivity index (χ1) is 16.3. The van der Waals surface area contributed by atoms with E-state index in [0.717, 1.165) is 70.2 Å². The van der Waals surface area contributed by atoms with Crippen molar-refractivity contribution in [1.29, 1.82) is 0 Å². The number of hydrogen-bond acceptors (Lipinski definition) is 4. The Morgan fingerprint density at radius 1 is 0.500 bits per heavy atom. The van der Waals surface area contributed by atoms with Crippen LogP contribution in [0.3, 0.4) is 0 Å². The first kappa shape index (κ1) is 26.0. The smallest absolute Gasteiger partial charge is 0.139 e. The molecule has 4 nitrogen and oxygen atoms in total. The van der Waals surface area contributed by atoms with E-state index in [4.69, 9.17) is 18.9 Å². The molecule has 3 aromatic rings. The summed E-state index contributed by atoms with van der Waals surface area (Å²) in [6, 6.07) is 12.4. The van der Waals surface area contributed by atoms with Gasteiger partial charge in [-0.3, -0.25) is 0 Å². The molecule has 0 heterocycles. The fourth-order valence-electron chi connectivity index (χ4n) is 3.77. The second-order valence-electron chi connectivity index (χ2n) is 9.36. The maximum Gasteiger partial charge on any atom is 0.139 e. The first-order valence-corrected chi connectivity index (χ1v) is 13.0. The van der Waals surface area contributed by atoms with Gasteiger partial charge >= 0.3 is 0 Å². The van der Waals surface area contributed by atoms with Gasteiger partial charge in [0.05, 0.1) is 35.2 Å². The molecule has 0 N–H and O–H groups in total. The van der Waals surface area contributed by atoms with Crippen molar-refractivity contribution >= 4 is 21.5 Å². The minimum atomic E-state index is 0.0588. The van der Waals surface area contributed by atoms with Gasteiger partial charge in [-0.25, -0.2) is 0 Å². The zero-order valence-electron chi connectivity index (χ0n) is 22.2. The van der Waals surface area contributed by atoms with Gasteiger partial charge in [0.15, 0.2) is 0 Å². The molecule has 0 amide bonds. The quantitative estimate of drug-likeness (QED) is 0.250. The summed E-state index contributed by atoms with van der Waals surface area (Å²) in [6.07, 6.45) is 3.91. The molecule has 0 aliphatic heterocycles. The highest BCUT2D eigenvalue weighted by molar-refractivity contribution is 6.15. The Balaban J connectivity index is 2.49. The first-order valence-electron chi connectivity index (χ1n) is 13.0. The van der Waals surface area contributed by atoms with Crippen molar-refractivity contribution < 1.29 is 18.9 Å². The van der Waals surface area contributed by atoms with Crippen LogP contribution < -0.4 is 18.9 Å². The molecule has 0 radical (unpaired) electrons. The maximum absolute atomic E-state index is 6.63. The average molecular weight is 467 g/mol. The Morgan fingerprint density at radius 3 is 1.15 bits per heavy atom. The lowest BCUT2D eigenvalue weighted by Crippen LogP contribution is -2.15. The van der Waals surface area contributed by atoms with E-state index < -0.39 is 0 Å². The van der Waals surface area contributed by atoms with Gasteiger partial charge in [0.2, 0.25) is 0 Å². The van der Waals surface area contributed by atoms with Crippen LogP contribution in [0.15, 0.2) is 36.4 Å². The van der Waals surface area contributed by atoms with Crippen LogP contribution in [0.1, 0.15) is 81.1 Å². The lowest BCUT2D eigenvalue weighted by molar-refractivity contribution is 0.205. The van der Waals surface area contributed by atoms with E-state index in [1.807, 2.05) is 12.1 Å². The van der Waals surface area contributed by atoms with Crippen molar-refractivity contribution in [3.8, 4) is 23.0 Å². The summed E-state index contributed by atoms with van der Waals surface area (Å²) >= 11 is 0. The molecule has 0 bridgehead atoms. The fourth-order valence-corrected chi connectivity index (χ4v) is 3.77. The van der Waals surface area contributed by atoms with E-state index in [1.54, 1.807) is 0 Å². The largest absolute Gasteiger partial charge is 0.490 e. The molecule has 4 heteroatoms. The van der Waals surface area contributed by atoms with Crippen LogP contribution in [-0.2, 0) is 0 Å². The third-order valence-corrected chi connectivity index (χ3v) is 6.59. The molecule has 4 unspecified atom stereocenters. The summed E-state index contributed by atoms with van der Waals surface area (Å²) in [4.78, 5) is 0. The zero-order valence-corrected chi connectivity index (χ0v) is 22.2. The van der Waals surface area contributed by atoms with E-state index in [1.165, 1.54) is 0 Å². The van der Waals surface area contributed by atoms with Crippen molar-refractivity contribution in [2.24, 2.45) is 0 Å². The van der Waals surface area contributed by atoms with Gasteiger partial charge in [-0.2, -0.15) is 0 Å². The Labute approximate surface area is 205 Å². The van der Waals surface area contributed by atoms with Crippen molar-refractivity contribution in [2.75, 3.05) is 0 Å². The maximum atomic E-state index is 6.63. The van der Waals surface area contributed by atoms with E-state index >= 15 is 0 Å². The van der Waals surface area contributed by atoms with Crippen LogP contribution >= 0.6 is 0 Å². The van der Waals surface area contributed by atoms with Gasteiger partial charge in [0.1, 0.15) is 23.0 Å². The summed E-state index contributed by atoms with van der Waals surface area (Å²) in [5.41, 5.74) is 0. The third-order valence-electron chi connectivity index (χ3n) is 6.59. The van der Waals surface area contributed by atoms with E-state index in [0.29, 0.717) is 0 Å². The molecule has 0 spiro atoms. The Bertz CT molecular complexity index is 1000. The topological polar surface area (TPSA) is 36.9 Å². The van der Waals surface area contributed by atoms with Crippen molar-refractivity contribution in [3.63, 3.8) is 0 Å². The monoisotopic (exact) mass is 466 g/mol. The zero-order chi connectivity index (χ0) is 24.8. The second-order valence-corrected chi connectivity index (χ2v) is 9.36. The standard InChI is InChI=1S/C30H42O4/c1-9-19(5)31-25-17-18-26(32-20(6)10-2)28-27(25)29(33-21(7)11-3)23-15-13-14-16-24(23)30(28)34-22(8)12-4/h13-22H,9-12H2,1-8H3. The molecular formula is C30H42O4. The normalized spacial score (nSPS) is 15.1. The van der Waals surface area contributed by atoms with Crippen molar-refractivity contribution in [1.82, 2.24) is 0 Å². The molecule has 3 rings (SSSR count). The molecule has 4 atom stereocenters. The number of fused-ring (bicyclic) bond motifs is 2. The highest BCUT2D eigenvalue weighted by Crippen LogP contribution is 2.51. The molecule has 186 valence electrons. The lowest BCUT2D eigenvalue weighted by atomic mass is 9.98. The fraction of sp³-hybridized carbons (Fsp3) is 0.533. The predicted octanol–water partition coefficient (Wildman–Crippen LogP) is 8.70. The molecular weight excluding hydrogens is 424 g/mol. The van der Waals surface area contributed by atoms with Crippen LogP contribution in [0, 0.1) is 0 Å². The third kappa shape index (κ3) is 5.54. The van der Waals surface area contributed by atoms with Crippen LogP contribution in [0.5, 0.6) is 23.0 Å². The van der Waals surface area contributed by atoms with Crippen LogP contribution in [0.25, 0.3) is 21.5 Å². The average Bonchev–Trinajstić information content (AvgIpc) is 2.86. The number of benzene rings is 3. The minimum absolute atomic E-state index is 0.0588. The van der Waals surface area contributed by atoms with E-state index in [9.17, 15) is 0 Å².